The standard InChI is InChI=1S/C25H29N7O3S2/c1-15(10-26-22-27-12-17(36-2)13-28-22)11-29-23-30-18-4-3-16(9-19(18)37-23)21(33)31-7-8-32-20(14-31)25(5-6-25)35-24(32)34/h3-4,9,12-13,15,20H,5-8,10-11,14H2,1-2H3,(H,29,30)(H,26,27,28)/t15-,20-/m0/s1. The van der Waals surface area contributed by atoms with Crippen LogP contribution in [0.15, 0.2) is 35.5 Å². The smallest absolute Gasteiger partial charge is 0.410 e. The van der Waals surface area contributed by atoms with E-state index < -0.39 is 0 Å². The first-order valence-corrected chi connectivity index (χ1v) is 14.5. The largest absolute Gasteiger partial charge is 0.441 e. The fourth-order valence-corrected chi connectivity index (χ4v) is 6.15. The molecule has 2 aliphatic heterocycles. The zero-order chi connectivity index (χ0) is 25.6. The number of fused-ring (bicyclic) bond motifs is 3. The monoisotopic (exact) mass is 539 g/mol. The van der Waals surface area contributed by atoms with E-state index in [0.29, 0.717) is 37.1 Å². The Hall–Kier alpha value is -3.12. The van der Waals surface area contributed by atoms with Crippen molar-refractivity contribution in [1.29, 1.82) is 0 Å². The number of benzene rings is 1. The highest BCUT2D eigenvalue weighted by Crippen LogP contribution is 2.50. The van der Waals surface area contributed by atoms with Crippen LogP contribution in [-0.4, -0.2) is 87.4 Å². The van der Waals surface area contributed by atoms with Gasteiger partial charge < -0.3 is 20.3 Å². The highest BCUT2D eigenvalue weighted by atomic mass is 32.2. The normalized spacial score (nSPS) is 20.6. The van der Waals surface area contributed by atoms with Crippen LogP contribution in [0.4, 0.5) is 15.9 Å². The lowest BCUT2D eigenvalue weighted by molar-refractivity contribution is 0.0553. The molecule has 2 N–H and O–H groups in total. The highest BCUT2D eigenvalue weighted by Gasteiger charge is 2.63. The number of hydrogen-bond acceptors (Lipinski definition) is 10. The number of carbonyl (C=O) groups is 2. The first kappa shape index (κ1) is 24.2. The molecule has 1 aromatic carbocycles. The van der Waals surface area contributed by atoms with Gasteiger partial charge in [-0.1, -0.05) is 18.3 Å². The van der Waals surface area contributed by atoms with Gasteiger partial charge in [-0.3, -0.25) is 9.69 Å². The predicted molar refractivity (Wildman–Crippen MR) is 144 cm³/mol. The minimum absolute atomic E-state index is 0.00733. The van der Waals surface area contributed by atoms with Crippen LogP contribution >= 0.6 is 23.1 Å². The summed E-state index contributed by atoms with van der Waals surface area (Å²) in [5, 5.41) is 7.53. The number of thiazole rings is 1. The predicted octanol–water partition coefficient (Wildman–Crippen LogP) is 3.78. The molecule has 2 atom stereocenters. The molecule has 1 aliphatic carbocycles. The van der Waals surface area contributed by atoms with E-state index >= 15 is 0 Å². The fraction of sp³-hybridized carbons (Fsp3) is 0.480. The number of nitrogens with zero attached hydrogens (tertiary/aromatic N) is 5. The van der Waals surface area contributed by atoms with Crippen molar-refractivity contribution in [2.45, 2.75) is 36.3 Å². The molecule has 2 saturated heterocycles. The van der Waals surface area contributed by atoms with Crippen molar-refractivity contribution >= 4 is 56.4 Å². The van der Waals surface area contributed by atoms with E-state index in [4.69, 9.17) is 4.74 Å². The Morgan fingerprint density at radius 3 is 2.78 bits per heavy atom. The number of nitrogens with one attached hydrogen (secondary N) is 2. The molecule has 0 unspecified atom stereocenters. The van der Waals surface area contributed by atoms with E-state index in [-0.39, 0.29) is 23.6 Å². The molecule has 1 spiro atoms. The third kappa shape index (κ3) is 4.79. The van der Waals surface area contributed by atoms with E-state index in [0.717, 1.165) is 46.2 Å². The van der Waals surface area contributed by atoms with Crippen LogP contribution in [0.1, 0.15) is 30.1 Å². The van der Waals surface area contributed by atoms with Crippen molar-refractivity contribution in [3.05, 3.63) is 36.2 Å². The van der Waals surface area contributed by atoms with E-state index in [1.807, 2.05) is 41.7 Å². The molecule has 2 aromatic heterocycles. The molecule has 3 fully saturated rings. The summed E-state index contributed by atoms with van der Waals surface area (Å²) in [4.78, 5) is 43.5. The van der Waals surface area contributed by atoms with Crippen LogP contribution in [0.25, 0.3) is 10.2 Å². The maximum atomic E-state index is 13.3. The van der Waals surface area contributed by atoms with Gasteiger partial charge in [-0.25, -0.2) is 19.7 Å². The Labute approximate surface area is 223 Å². The van der Waals surface area contributed by atoms with Gasteiger partial charge in [0.1, 0.15) is 5.60 Å². The lowest BCUT2D eigenvalue weighted by Crippen LogP contribution is -2.56. The maximum Gasteiger partial charge on any atom is 0.410 e. The minimum Gasteiger partial charge on any atom is -0.441 e. The first-order chi connectivity index (χ1) is 17.9. The van der Waals surface area contributed by atoms with Crippen LogP contribution in [0.3, 0.4) is 0 Å². The summed E-state index contributed by atoms with van der Waals surface area (Å²) in [5.74, 6) is 0.947. The number of piperazine rings is 1. The molecular weight excluding hydrogens is 510 g/mol. The summed E-state index contributed by atoms with van der Waals surface area (Å²) in [5.41, 5.74) is 1.15. The highest BCUT2D eigenvalue weighted by molar-refractivity contribution is 7.98. The lowest BCUT2D eigenvalue weighted by atomic mass is 10.0. The Kier molecular flexibility index (Phi) is 6.31. The zero-order valence-electron chi connectivity index (χ0n) is 20.8. The average Bonchev–Trinajstić information content (AvgIpc) is 3.49. The van der Waals surface area contributed by atoms with E-state index in [2.05, 4.69) is 32.5 Å². The van der Waals surface area contributed by atoms with Gasteiger partial charge in [0.15, 0.2) is 5.13 Å². The van der Waals surface area contributed by atoms with Crippen molar-refractivity contribution in [3.63, 3.8) is 0 Å². The molecule has 4 heterocycles. The Morgan fingerprint density at radius 2 is 2.03 bits per heavy atom. The molecule has 194 valence electrons. The van der Waals surface area contributed by atoms with Gasteiger partial charge >= 0.3 is 6.09 Å². The fourth-order valence-electron chi connectivity index (χ4n) is 4.92. The second-order valence-electron chi connectivity index (χ2n) is 9.91. The third-order valence-electron chi connectivity index (χ3n) is 7.25. The molecule has 10 nitrogen and oxygen atoms in total. The lowest BCUT2D eigenvalue weighted by Gasteiger charge is -2.37. The molecule has 2 amide bonds. The molecular formula is C25H29N7O3S2. The van der Waals surface area contributed by atoms with Crippen LogP contribution in [0.5, 0.6) is 0 Å². The van der Waals surface area contributed by atoms with Crippen molar-refractivity contribution in [1.82, 2.24) is 24.8 Å². The van der Waals surface area contributed by atoms with Crippen molar-refractivity contribution in [2.24, 2.45) is 5.92 Å². The summed E-state index contributed by atoms with van der Waals surface area (Å²) >= 11 is 3.17. The first-order valence-electron chi connectivity index (χ1n) is 12.5. The minimum atomic E-state index is -0.364. The second kappa shape index (κ2) is 9.64. The quantitative estimate of drug-likeness (QED) is 0.413. The van der Waals surface area contributed by atoms with Crippen molar-refractivity contribution in [3.8, 4) is 0 Å². The number of hydrogen-bond donors (Lipinski definition) is 2. The van der Waals surface area contributed by atoms with Gasteiger partial charge in [-0.2, -0.15) is 0 Å². The van der Waals surface area contributed by atoms with Crippen LogP contribution in [0, 0.1) is 5.92 Å². The third-order valence-corrected chi connectivity index (χ3v) is 8.91. The van der Waals surface area contributed by atoms with Gasteiger partial charge in [0.05, 0.1) is 16.3 Å². The summed E-state index contributed by atoms with van der Waals surface area (Å²) in [6, 6.07) is 5.65. The van der Waals surface area contributed by atoms with Gasteiger partial charge in [-0.05, 0) is 43.2 Å². The molecule has 1 saturated carbocycles. The molecule has 0 radical (unpaired) electrons. The summed E-state index contributed by atoms with van der Waals surface area (Å²) < 4.78 is 6.58. The topological polar surface area (TPSA) is 113 Å². The maximum absolute atomic E-state index is 13.3. The second-order valence-corrected chi connectivity index (χ2v) is 11.8. The number of rotatable bonds is 8. The van der Waals surface area contributed by atoms with Gasteiger partial charge in [0.2, 0.25) is 5.95 Å². The number of carbonyl (C=O) groups excluding carboxylic acids is 2. The molecule has 6 rings (SSSR count). The molecule has 0 bridgehead atoms. The van der Waals surface area contributed by atoms with E-state index in [9.17, 15) is 9.59 Å². The molecule has 3 aromatic rings. The number of amides is 2. The van der Waals surface area contributed by atoms with Crippen molar-refractivity contribution in [2.75, 3.05) is 49.6 Å². The van der Waals surface area contributed by atoms with Gasteiger partial charge in [0, 0.05) is 55.6 Å². The Bertz CT molecular complexity index is 1330. The number of thioether (sulfide) groups is 1. The average molecular weight is 540 g/mol. The van der Waals surface area contributed by atoms with Crippen LogP contribution in [0.2, 0.25) is 0 Å². The molecule has 3 aliphatic rings. The van der Waals surface area contributed by atoms with Crippen molar-refractivity contribution < 1.29 is 14.3 Å². The Morgan fingerprint density at radius 1 is 1.24 bits per heavy atom. The number of aromatic nitrogens is 3. The number of ether oxygens (including phenoxy) is 1. The zero-order valence-corrected chi connectivity index (χ0v) is 22.4. The van der Waals surface area contributed by atoms with Crippen LogP contribution < -0.4 is 10.6 Å². The SMILES string of the molecule is CSc1cnc(NC[C@H](C)CNc2nc3ccc(C(=O)N4CCN5C(=O)OC6(CC6)[C@@H]5C4)cc3s2)nc1. The number of anilines is 2. The van der Waals surface area contributed by atoms with Gasteiger partial charge in [-0.15, -0.1) is 11.8 Å². The summed E-state index contributed by atoms with van der Waals surface area (Å²) in [6.45, 7) is 5.20. The van der Waals surface area contributed by atoms with Gasteiger partial charge in [0.25, 0.3) is 5.91 Å². The molecule has 12 heteroatoms. The summed E-state index contributed by atoms with van der Waals surface area (Å²) in [7, 11) is 0. The summed E-state index contributed by atoms with van der Waals surface area (Å²) in [6.07, 6.45) is 7.17. The Balaban J connectivity index is 1.05. The van der Waals surface area contributed by atoms with E-state index in [1.165, 1.54) is 0 Å². The van der Waals surface area contributed by atoms with Crippen LogP contribution in [-0.2, 0) is 4.74 Å². The van der Waals surface area contributed by atoms with E-state index in [1.54, 1.807) is 28.0 Å². The molecule has 37 heavy (non-hydrogen) atoms.